The summed E-state index contributed by atoms with van der Waals surface area (Å²) in [6.45, 7) is 0. The summed E-state index contributed by atoms with van der Waals surface area (Å²) in [5.41, 5.74) is -0.438. The number of hydrogen-bond acceptors (Lipinski definition) is 3. The Kier molecular flexibility index (Phi) is 4.22. The molecule has 1 heterocycles. The van der Waals surface area contributed by atoms with Crippen LogP contribution >= 0.6 is 0 Å². The van der Waals surface area contributed by atoms with Gasteiger partial charge in [0, 0.05) is 18.5 Å². The Morgan fingerprint density at radius 2 is 1.81 bits per heavy atom. The molecule has 0 spiro atoms. The fraction of sp³-hybridized carbons (Fsp3) is 0.0714. The molecule has 2 aromatic rings. The first-order valence-corrected chi connectivity index (χ1v) is 5.88. The number of anilines is 1. The lowest BCUT2D eigenvalue weighted by atomic mass is 10.1. The molecule has 0 unspecified atom stereocenters. The van der Waals surface area contributed by atoms with Crippen LogP contribution in [0.4, 0.5) is 14.5 Å². The van der Waals surface area contributed by atoms with Gasteiger partial charge in [0.2, 0.25) is 5.91 Å². The van der Waals surface area contributed by atoms with E-state index in [-0.39, 0.29) is 12.1 Å². The van der Waals surface area contributed by atoms with Crippen molar-refractivity contribution in [3.05, 3.63) is 59.4 Å². The number of halogens is 2. The summed E-state index contributed by atoms with van der Waals surface area (Å²) in [7, 11) is 0. The first-order chi connectivity index (χ1) is 9.97. The minimum Gasteiger partial charge on any atom is -0.478 e. The Morgan fingerprint density at radius 1 is 1.14 bits per heavy atom. The van der Waals surface area contributed by atoms with Crippen LogP contribution in [0.3, 0.4) is 0 Å². The number of nitrogens with one attached hydrogen (secondary N) is 1. The van der Waals surface area contributed by atoms with Gasteiger partial charge in [0.25, 0.3) is 0 Å². The predicted molar refractivity (Wildman–Crippen MR) is 69.9 cm³/mol. The van der Waals surface area contributed by atoms with E-state index >= 15 is 0 Å². The van der Waals surface area contributed by atoms with Crippen molar-refractivity contribution in [2.75, 3.05) is 5.32 Å². The standard InChI is InChI=1S/C14H10F2N2O3/c15-10-7-11(16)12(6-9(10)14(20)21)18-13(19)5-8-1-3-17-4-2-8/h1-4,6-7H,5H2,(H,18,19)(H,20,21). The number of carboxylic acid groups (broad SMARTS) is 1. The smallest absolute Gasteiger partial charge is 0.338 e. The summed E-state index contributed by atoms with van der Waals surface area (Å²) in [6.07, 6.45) is 2.97. The lowest BCUT2D eigenvalue weighted by Crippen LogP contribution is -2.16. The number of rotatable bonds is 4. The molecular formula is C14H10F2N2O3. The lowest BCUT2D eigenvalue weighted by Gasteiger charge is -2.08. The summed E-state index contributed by atoms with van der Waals surface area (Å²) < 4.78 is 26.8. The van der Waals surface area contributed by atoms with Gasteiger partial charge in [-0.05, 0) is 23.8 Å². The Bertz CT molecular complexity index is 690. The minimum atomic E-state index is -1.54. The summed E-state index contributed by atoms with van der Waals surface area (Å²) in [4.78, 5) is 26.3. The number of aromatic nitrogens is 1. The first-order valence-electron chi connectivity index (χ1n) is 5.88. The van der Waals surface area contributed by atoms with Crippen LogP contribution < -0.4 is 5.32 Å². The Hall–Kier alpha value is -2.83. The van der Waals surface area contributed by atoms with Crippen LogP contribution in [0.5, 0.6) is 0 Å². The van der Waals surface area contributed by atoms with E-state index < -0.39 is 29.1 Å². The highest BCUT2D eigenvalue weighted by Crippen LogP contribution is 2.20. The Balaban J connectivity index is 2.17. The van der Waals surface area contributed by atoms with Crippen LogP contribution in [0.25, 0.3) is 0 Å². The predicted octanol–water partition coefficient (Wildman–Crippen LogP) is 2.24. The van der Waals surface area contributed by atoms with Crippen molar-refractivity contribution in [2.24, 2.45) is 0 Å². The van der Waals surface area contributed by atoms with Crippen LogP contribution in [-0.4, -0.2) is 22.0 Å². The molecule has 1 aromatic carbocycles. The lowest BCUT2D eigenvalue weighted by molar-refractivity contribution is -0.115. The highest BCUT2D eigenvalue weighted by molar-refractivity contribution is 5.95. The van der Waals surface area contributed by atoms with Gasteiger partial charge in [-0.3, -0.25) is 9.78 Å². The second-order valence-corrected chi connectivity index (χ2v) is 4.20. The van der Waals surface area contributed by atoms with Crippen LogP contribution in [0.2, 0.25) is 0 Å². The van der Waals surface area contributed by atoms with E-state index in [1.807, 2.05) is 0 Å². The van der Waals surface area contributed by atoms with E-state index in [0.29, 0.717) is 11.6 Å². The van der Waals surface area contributed by atoms with Crippen LogP contribution in [0.1, 0.15) is 15.9 Å². The normalized spacial score (nSPS) is 10.2. The van der Waals surface area contributed by atoms with Gasteiger partial charge in [0.15, 0.2) is 0 Å². The molecule has 0 saturated heterocycles. The Morgan fingerprint density at radius 3 is 2.43 bits per heavy atom. The second-order valence-electron chi connectivity index (χ2n) is 4.20. The van der Waals surface area contributed by atoms with E-state index in [0.717, 1.165) is 6.07 Å². The van der Waals surface area contributed by atoms with E-state index in [2.05, 4.69) is 10.3 Å². The molecule has 108 valence electrons. The van der Waals surface area contributed by atoms with E-state index in [1.54, 1.807) is 12.1 Å². The molecule has 5 nitrogen and oxygen atoms in total. The number of nitrogens with zero attached hydrogens (tertiary/aromatic N) is 1. The highest BCUT2D eigenvalue weighted by atomic mass is 19.1. The third-order valence-corrected chi connectivity index (χ3v) is 2.68. The molecule has 1 aromatic heterocycles. The number of amides is 1. The zero-order valence-electron chi connectivity index (χ0n) is 10.6. The van der Waals surface area contributed by atoms with E-state index in [9.17, 15) is 18.4 Å². The van der Waals surface area contributed by atoms with Gasteiger partial charge in [-0.25, -0.2) is 13.6 Å². The van der Waals surface area contributed by atoms with Gasteiger partial charge < -0.3 is 10.4 Å². The summed E-state index contributed by atoms with van der Waals surface area (Å²) in [6, 6.07) is 4.40. The largest absolute Gasteiger partial charge is 0.478 e. The second kappa shape index (κ2) is 6.08. The molecule has 1 amide bonds. The summed E-state index contributed by atoms with van der Waals surface area (Å²) >= 11 is 0. The molecule has 2 N–H and O–H groups in total. The van der Waals surface area contributed by atoms with Crippen molar-refractivity contribution in [2.45, 2.75) is 6.42 Å². The molecule has 0 radical (unpaired) electrons. The molecule has 2 rings (SSSR count). The molecule has 21 heavy (non-hydrogen) atoms. The number of benzene rings is 1. The maximum atomic E-state index is 13.5. The molecule has 0 fully saturated rings. The monoisotopic (exact) mass is 292 g/mol. The fourth-order valence-electron chi connectivity index (χ4n) is 1.69. The van der Waals surface area contributed by atoms with Gasteiger partial charge in [-0.15, -0.1) is 0 Å². The zero-order valence-corrected chi connectivity index (χ0v) is 10.6. The van der Waals surface area contributed by atoms with E-state index in [4.69, 9.17) is 5.11 Å². The van der Waals surface area contributed by atoms with Gasteiger partial charge in [-0.1, -0.05) is 0 Å². The molecule has 0 bridgehead atoms. The average Bonchev–Trinajstić information content (AvgIpc) is 2.42. The van der Waals surface area contributed by atoms with Crippen molar-refractivity contribution in [1.29, 1.82) is 0 Å². The van der Waals surface area contributed by atoms with Crippen LogP contribution in [-0.2, 0) is 11.2 Å². The maximum Gasteiger partial charge on any atom is 0.338 e. The van der Waals surface area contributed by atoms with Crippen molar-refractivity contribution in [1.82, 2.24) is 4.98 Å². The number of carbonyl (C=O) groups excluding carboxylic acids is 1. The first kappa shape index (κ1) is 14.6. The fourth-order valence-corrected chi connectivity index (χ4v) is 1.69. The topological polar surface area (TPSA) is 79.3 Å². The maximum absolute atomic E-state index is 13.5. The quantitative estimate of drug-likeness (QED) is 0.905. The third kappa shape index (κ3) is 3.59. The minimum absolute atomic E-state index is 0.0399. The highest BCUT2D eigenvalue weighted by Gasteiger charge is 2.16. The van der Waals surface area contributed by atoms with Crippen LogP contribution in [0, 0.1) is 11.6 Å². The summed E-state index contributed by atoms with van der Waals surface area (Å²) in [5.74, 6) is -4.34. The third-order valence-electron chi connectivity index (χ3n) is 2.68. The zero-order chi connectivity index (χ0) is 15.4. The number of carbonyl (C=O) groups is 2. The molecule has 7 heteroatoms. The van der Waals surface area contributed by atoms with Gasteiger partial charge in [0.1, 0.15) is 11.6 Å². The van der Waals surface area contributed by atoms with Crippen molar-refractivity contribution in [3.63, 3.8) is 0 Å². The average molecular weight is 292 g/mol. The molecule has 0 aliphatic rings. The SMILES string of the molecule is O=C(Cc1ccncc1)Nc1cc(C(=O)O)c(F)cc1F. The number of aromatic carboxylic acids is 1. The van der Waals surface area contributed by atoms with Crippen molar-refractivity contribution < 1.29 is 23.5 Å². The van der Waals surface area contributed by atoms with Gasteiger partial charge in [-0.2, -0.15) is 0 Å². The number of carboxylic acids is 1. The number of hydrogen-bond donors (Lipinski definition) is 2. The molecule has 0 atom stereocenters. The van der Waals surface area contributed by atoms with Gasteiger partial charge >= 0.3 is 5.97 Å². The molecule has 0 aliphatic carbocycles. The van der Waals surface area contributed by atoms with E-state index in [1.165, 1.54) is 12.4 Å². The van der Waals surface area contributed by atoms with Crippen molar-refractivity contribution in [3.8, 4) is 0 Å². The van der Waals surface area contributed by atoms with Crippen molar-refractivity contribution >= 4 is 17.6 Å². The van der Waals surface area contributed by atoms with Crippen LogP contribution in [0.15, 0.2) is 36.7 Å². The summed E-state index contributed by atoms with van der Waals surface area (Å²) in [5, 5.41) is 11.0. The molecular weight excluding hydrogens is 282 g/mol. The van der Waals surface area contributed by atoms with Gasteiger partial charge in [0.05, 0.1) is 17.7 Å². The number of pyridine rings is 1. The Labute approximate surface area is 118 Å². The molecule has 0 aliphatic heterocycles. The molecule has 0 saturated carbocycles.